The summed E-state index contributed by atoms with van der Waals surface area (Å²) < 4.78 is 18.8. The molecule has 156 valence electrons. The highest BCUT2D eigenvalue weighted by Gasteiger charge is 2.72. The molecule has 2 aromatic carbocycles. The molecule has 1 N–H and O–H groups in total. The molecule has 6 rings (SSSR count). The first kappa shape index (κ1) is 19.4. The van der Waals surface area contributed by atoms with Gasteiger partial charge in [0, 0.05) is 24.7 Å². The normalized spacial score (nSPS) is 25.8. The summed E-state index contributed by atoms with van der Waals surface area (Å²) in [5.41, 5.74) is 3.03. The quantitative estimate of drug-likeness (QED) is 0.789. The monoisotopic (exact) mass is 428 g/mol. The third-order valence-corrected chi connectivity index (χ3v) is 6.83. The Balaban J connectivity index is 1.12. The van der Waals surface area contributed by atoms with Crippen LogP contribution in [0.15, 0.2) is 36.4 Å². The second-order valence-electron chi connectivity index (χ2n) is 8.94. The lowest BCUT2D eigenvalue weighted by atomic mass is 9.39. The number of aryl methyl sites for hydroxylation is 1. The molecule has 0 spiro atoms. The van der Waals surface area contributed by atoms with E-state index >= 15 is 0 Å². The van der Waals surface area contributed by atoms with E-state index in [2.05, 4.69) is 30.4 Å². The van der Waals surface area contributed by atoms with E-state index in [1.54, 1.807) is 0 Å². The molecule has 1 heterocycles. The molecule has 0 saturated heterocycles. The molecule has 0 radical (unpaired) electrons. The number of fused-ring (bicyclic) bond motifs is 1. The number of nitrogens with zero attached hydrogens (tertiary/aromatic N) is 1. The Morgan fingerprint density at radius 1 is 1.13 bits per heavy atom. The number of amides is 2. The van der Waals surface area contributed by atoms with Crippen molar-refractivity contribution in [1.82, 2.24) is 10.2 Å². The maximum atomic E-state index is 13.4. The van der Waals surface area contributed by atoms with Crippen LogP contribution in [0.5, 0.6) is 5.75 Å². The van der Waals surface area contributed by atoms with Crippen molar-refractivity contribution in [2.45, 2.75) is 44.8 Å². The van der Waals surface area contributed by atoms with Gasteiger partial charge in [-0.15, -0.1) is 0 Å². The standard InChI is InChI=1S/C23H22ClFN2O3/c1-14-2-3-15-8-27(9-16(15)6-14)21(29)22-11-23(12-22,13-22)26-20(28)10-30-17-4-5-18(24)19(25)7-17/h2-7H,8-13H2,1H3,(H,26,28). The lowest BCUT2D eigenvalue weighted by Crippen LogP contribution is -2.78. The molecule has 3 aliphatic carbocycles. The number of carbonyl (C=O) groups is 2. The molecule has 2 bridgehead atoms. The molecule has 4 aliphatic rings. The highest BCUT2D eigenvalue weighted by atomic mass is 35.5. The number of carbonyl (C=O) groups excluding carboxylic acids is 2. The summed E-state index contributed by atoms with van der Waals surface area (Å²) in [6, 6.07) is 10.4. The van der Waals surface area contributed by atoms with Crippen molar-refractivity contribution in [2.24, 2.45) is 5.41 Å². The van der Waals surface area contributed by atoms with Gasteiger partial charge in [0.05, 0.1) is 10.4 Å². The van der Waals surface area contributed by atoms with Crippen LogP contribution in [-0.2, 0) is 22.7 Å². The second kappa shape index (κ2) is 6.71. The summed E-state index contributed by atoms with van der Waals surface area (Å²) in [4.78, 5) is 27.3. The highest BCUT2D eigenvalue weighted by molar-refractivity contribution is 6.30. The number of nitrogens with one attached hydrogen (secondary N) is 1. The van der Waals surface area contributed by atoms with Crippen LogP contribution in [0, 0.1) is 18.2 Å². The molecule has 30 heavy (non-hydrogen) atoms. The lowest BCUT2D eigenvalue weighted by molar-refractivity contribution is -0.194. The van der Waals surface area contributed by atoms with E-state index in [-0.39, 0.29) is 40.1 Å². The van der Waals surface area contributed by atoms with Gasteiger partial charge in [0.25, 0.3) is 5.91 Å². The average Bonchev–Trinajstić information content (AvgIpc) is 3.07. The van der Waals surface area contributed by atoms with Gasteiger partial charge in [-0.1, -0.05) is 35.4 Å². The largest absolute Gasteiger partial charge is 0.484 e. The van der Waals surface area contributed by atoms with E-state index in [0.717, 1.165) is 6.07 Å². The molecule has 7 heteroatoms. The van der Waals surface area contributed by atoms with Crippen molar-refractivity contribution in [1.29, 1.82) is 0 Å². The van der Waals surface area contributed by atoms with Crippen LogP contribution in [-0.4, -0.2) is 28.9 Å². The Kier molecular flexibility index (Phi) is 4.33. The minimum atomic E-state index is -0.589. The van der Waals surface area contributed by atoms with Crippen molar-refractivity contribution < 1.29 is 18.7 Å². The predicted octanol–water partition coefficient (Wildman–Crippen LogP) is 3.75. The van der Waals surface area contributed by atoms with E-state index in [9.17, 15) is 14.0 Å². The molecule has 1 aliphatic heterocycles. The molecule has 3 fully saturated rings. The van der Waals surface area contributed by atoms with E-state index < -0.39 is 5.82 Å². The number of hydrogen-bond acceptors (Lipinski definition) is 3. The van der Waals surface area contributed by atoms with Crippen molar-refractivity contribution in [3.63, 3.8) is 0 Å². The van der Waals surface area contributed by atoms with Crippen LogP contribution in [0.3, 0.4) is 0 Å². The summed E-state index contributed by atoms with van der Waals surface area (Å²) in [6.45, 7) is 3.19. The fraction of sp³-hybridized carbons (Fsp3) is 0.391. The number of benzene rings is 2. The zero-order valence-corrected chi connectivity index (χ0v) is 17.4. The third-order valence-electron chi connectivity index (χ3n) is 6.52. The van der Waals surface area contributed by atoms with Crippen molar-refractivity contribution >= 4 is 23.4 Å². The summed E-state index contributed by atoms with van der Waals surface area (Å²) in [5.74, 6) is -0.413. The van der Waals surface area contributed by atoms with Crippen LogP contribution in [0.2, 0.25) is 5.02 Å². The van der Waals surface area contributed by atoms with Crippen LogP contribution in [0.1, 0.15) is 36.0 Å². The van der Waals surface area contributed by atoms with Gasteiger partial charge in [-0.05, 0) is 49.4 Å². The minimum Gasteiger partial charge on any atom is -0.484 e. The van der Waals surface area contributed by atoms with Gasteiger partial charge >= 0.3 is 0 Å². The molecule has 0 aromatic heterocycles. The molecular formula is C23H22ClFN2O3. The van der Waals surface area contributed by atoms with E-state index in [4.69, 9.17) is 16.3 Å². The minimum absolute atomic E-state index is 0.00636. The second-order valence-corrected chi connectivity index (χ2v) is 9.34. The summed E-state index contributed by atoms with van der Waals surface area (Å²) in [7, 11) is 0. The first-order valence-electron chi connectivity index (χ1n) is 10.0. The number of hydrogen-bond donors (Lipinski definition) is 1. The molecule has 0 atom stereocenters. The molecule has 3 saturated carbocycles. The first-order valence-corrected chi connectivity index (χ1v) is 10.4. The Morgan fingerprint density at radius 3 is 2.60 bits per heavy atom. The SMILES string of the molecule is Cc1ccc2c(c1)CN(C(=O)C13CC(NC(=O)COc4ccc(Cl)c(F)c4)(C1)C3)C2. The fourth-order valence-corrected chi connectivity index (χ4v) is 5.31. The molecule has 5 nitrogen and oxygen atoms in total. The summed E-state index contributed by atoms with van der Waals surface area (Å²) in [5, 5.41) is 3.00. The smallest absolute Gasteiger partial charge is 0.258 e. The highest BCUT2D eigenvalue weighted by Crippen LogP contribution is 2.68. The van der Waals surface area contributed by atoms with Crippen LogP contribution < -0.4 is 10.1 Å². The van der Waals surface area contributed by atoms with Gasteiger partial charge in [0.2, 0.25) is 5.91 Å². The Hall–Kier alpha value is -2.60. The third kappa shape index (κ3) is 3.14. The van der Waals surface area contributed by atoms with E-state index in [1.165, 1.54) is 28.8 Å². The van der Waals surface area contributed by atoms with Gasteiger partial charge in [0.15, 0.2) is 6.61 Å². The molecule has 2 amide bonds. The van der Waals surface area contributed by atoms with Crippen LogP contribution in [0.4, 0.5) is 4.39 Å². The fourth-order valence-electron chi connectivity index (χ4n) is 5.20. The summed E-state index contributed by atoms with van der Waals surface area (Å²) in [6.07, 6.45) is 2.02. The van der Waals surface area contributed by atoms with Gasteiger partial charge in [-0.2, -0.15) is 0 Å². The van der Waals surface area contributed by atoms with Gasteiger partial charge < -0.3 is 15.0 Å². The maximum absolute atomic E-state index is 13.4. The van der Waals surface area contributed by atoms with Crippen LogP contribution >= 0.6 is 11.6 Å². The van der Waals surface area contributed by atoms with Gasteiger partial charge in [-0.3, -0.25) is 9.59 Å². The van der Waals surface area contributed by atoms with Crippen molar-refractivity contribution in [3.05, 3.63) is 63.9 Å². The Labute approximate surface area is 179 Å². The number of halogens is 2. The first-order chi connectivity index (χ1) is 14.3. The van der Waals surface area contributed by atoms with Crippen molar-refractivity contribution in [2.75, 3.05) is 6.61 Å². The molecular weight excluding hydrogens is 407 g/mol. The topological polar surface area (TPSA) is 58.6 Å². The van der Waals surface area contributed by atoms with Gasteiger partial charge in [0.1, 0.15) is 11.6 Å². The van der Waals surface area contributed by atoms with Crippen molar-refractivity contribution in [3.8, 4) is 5.75 Å². The zero-order valence-electron chi connectivity index (χ0n) is 16.6. The average molecular weight is 429 g/mol. The predicted molar refractivity (Wildman–Crippen MR) is 109 cm³/mol. The Morgan fingerprint density at radius 2 is 1.87 bits per heavy atom. The number of rotatable bonds is 5. The lowest BCUT2D eigenvalue weighted by Gasteiger charge is -2.69. The van der Waals surface area contributed by atoms with E-state index in [1.807, 2.05) is 4.90 Å². The maximum Gasteiger partial charge on any atom is 0.258 e. The number of ether oxygens (including phenoxy) is 1. The zero-order chi connectivity index (χ0) is 21.1. The van der Waals surface area contributed by atoms with E-state index in [0.29, 0.717) is 32.4 Å². The molecule has 0 unspecified atom stereocenters. The van der Waals surface area contributed by atoms with Gasteiger partial charge in [-0.25, -0.2) is 4.39 Å². The molecule has 2 aromatic rings. The summed E-state index contributed by atoms with van der Waals surface area (Å²) >= 11 is 5.64. The van der Waals surface area contributed by atoms with Crippen LogP contribution in [0.25, 0.3) is 0 Å². The Bertz CT molecular complexity index is 1050.